The van der Waals surface area contributed by atoms with E-state index < -0.39 is 11.9 Å². The lowest BCUT2D eigenvalue weighted by Gasteiger charge is -2.30. The molecule has 0 aromatic carbocycles. The number of piperidine rings is 1. The van der Waals surface area contributed by atoms with Gasteiger partial charge in [0.2, 0.25) is 0 Å². The molecule has 0 saturated carbocycles. The zero-order chi connectivity index (χ0) is 14.5. The van der Waals surface area contributed by atoms with Crippen molar-refractivity contribution < 1.29 is 9.90 Å². The zero-order valence-corrected chi connectivity index (χ0v) is 12.0. The normalized spacial score (nSPS) is 19.9. The lowest BCUT2D eigenvalue weighted by Crippen LogP contribution is -2.33. The summed E-state index contributed by atoms with van der Waals surface area (Å²) >= 11 is 0. The maximum absolute atomic E-state index is 11.6. The van der Waals surface area contributed by atoms with Gasteiger partial charge in [0.05, 0.1) is 5.92 Å². The molecule has 1 fully saturated rings. The van der Waals surface area contributed by atoms with Crippen molar-refractivity contribution in [1.29, 1.82) is 0 Å². The number of tetrazole rings is 1. The molecular weight excluding hydrogens is 258 g/mol. The Bertz CT molecular complexity index is 414. The van der Waals surface area contributed by atoms with Gasteiger partial charge in [0.25, 0.3) is 0 Å². The van der Waals surface area contributed by atoms with E-state index in [1.807, 2.05) is 13.8 Å². The first kappa shape index (κ1) is 14.9. The van der Waals surface area contributed by atoms with Crippen LogP contribution in [-0.4, -0.2) is 44.8 Å². The summed E-state index contributed by atoms with van der Waals surface area (Å²) in [7, 11) is 0. The molecule has 2 unspecified atom stereocenters. The van der Waals surface area contributed by atoms with Gasteiger partial charge in [-0.25, -0.2) is 0 Å². The molecule has 1 saturated heterocycles. The van der Waals surface area contributed by atoms with Gasteiger partial charge in [-0.15, -0.1) is 10.2 Å². The maximum Gasteiger partial charge on any atom is 0.307 e. The number of carboxylic acid groups (broad SMARTS) is 1. The van der Waals surface area contributed by atoms with Gasteiger partial charge in [-0.3, -0.25) is 4.79 Å². The molecule has 0 aliphatic carbocycles. The monoisotopic (exact) mass is 281 g/mol. The lowest BCUT2D eigenvalue weighted by molar-refractivity contribution is -0.144. The number of aliphatic carboxylic acids is 1. The van der Waals surface area contributed by atoms with E-state index in [2.05, 4.69) is 25.9 Å². The molecular formula is C13H23N5O2. The number of carbonyl (C=O) groups is 1. The number of hydrogen-bond acceptors (Lipinski definition) is 5. The Labute approximate surface area is 118 Å². The molecule has 0 radical (unpaired) electrons. The van der Waals surface area contributed by atoms with Crippen molar-refractivity contribution in [1.82, 2.24) is 25.9 Å². The van der Waals surface area contributed by atoms with Gasteiger partial charge >= 0.3 is 5.97 Å². The smallest absolute Gasteiger partial charge is 0.307 e. The largest absolute Gasteiger partial charge is 0.481 e. The Morgan fingerprint density at radius 2 is 2.10 bits per heavy atom. The SMILES string of the molecule is CC(C)C(C(=O)O)C(CC1CCNCC1)c1nn[nH]n1. The number of aromatic nitrogens is 4. The van der Waals surface area contributed by atoms with E-state index >= 15 is 0 Å². The average molecular weight is 281 g/mol. The molecule has 0 bridgehead atoms. The highest BCUT2D eigenvalue weighted by Crippen LogP contribution is 2.36. The van der Waals surface area contributed by atoms with E-state index in [9.17, 15) is 9.90 Å². The van der Waals surface area contributed by atoms with Crippen LogP contribution in [0.5, 0.6) is 0 Å². The Balaban J connectivity index is 2.17. The Kier molecular flexibility index (Phi) is 5.05. The Morgan fingerprint density at radius 1 is 1.40 bits per heavy atom. The van der Waals surface area contributed by atoms with Gasteiger partial charge in [0.1, 0.15) is 0 Å². The standard InChI is InChI=1S/C13H23N5O2/c1-8(2)11(13(19)20)10(12-15-17-18-16-12)7-9-3-5-14-6-4-9/h8-11,14H,3-7H2,1-2H3,(H,19,20)(H,15,16,17,18). The van der Waals surface area contributed by atoms with Crippen molar-refractivity contribution in [3.05, 3.63) is 5.82 Å². The molecule has 7 heteroatoms. The van der Waals surface area contributed by atoms with E-state index in [1.54, 1.807) is 0 Å². The first-order valence-corrected chi connectivity index (χ1v) is 7.26. The summed E-state index contributed by atoms with van der Waals surface area (Å²) in [5, 5.41) is 27.0. The highest BCUT2D eigenvalue weighted by atomic mass is 16.4. The van der Waals surface area contributed by atoms with Crippen LogP contribution < -0.4 is 5.32 Å². The molecule has 1 aliphatic rings. The second kappa shape index (κ2) is 6.78. The predicted molar refractivity (Wildman–Crippen MR) is 73.1 cm³/mol. The van der Waals surface area contributed by atoms with Crippen LogP contribution in [0.25, 0.3) is 0 Å². The molecule has 2 heterocycles. The van der Waals surface area contributed by atoms with E-state index in [0.29, 0.717) is 11.7 Å². The third kappa shape index (κ3) is 3.53. The maximum atomic E-state index is 11.6. The summed E-state index contributed by atoms with van der Waals surface area (Å²) in [4.78, 5) is 11.6. The van der Waals surface area contributed by atoms with E-state index in [-0.39, 0.29) is 11.8 Å². The topological polar surface area (TPSA) is 104 Å². The predicted octanol–water partition coefficient (Wildman–Crippen LogP) is 1.03. The average Bonchev–Trinajstić information content (AvgIpc) is 2.92. The lowest BCUT2D eigenvalue weighted by atomic mass is 9.76. The van der Waals surface area contributed by atoms with Crippen molar-refractivity contribution in [2.45, 2.75) is 39.0 Å². The van der Waals surface area contributed by atoms with Crippen LogP contribution in [0.1, 0.15) is 44.9 Å². The second-order valence-corrected chi connectivity index (χ2v) is 5.91. The first-order chi connectivity index (χ1) is 9.59. The van der Waals surface area contributed by atoms with Gasteiger partial charge in [0, 0.05) is 5.92 Å². The summed E-state index contributed by atoms with van der Waals surface area (Å²) in [5.74, 6) is -0.316. The first-order valence-electron chi connectivity index (χ1n) is 7.26. The van der Waals surface area contributed by atoms with Gasteiger partial charge in [-0.2, -0.15) is 5.21 Å². The molecule has 112 valence electrons. The fourth-order valence-electron chi connectivity index (χ4n) is 3.14. The minimum atomic E-state index is -0.774. The van der Waals surface area contributed by atoms with Crippen LogP contribution in [0.4, 0.5) is 0 Å². The molecule has 1 aromatic rings. The van der Waals surface area contributed by atoms with E-state index in [1.165, 1.54) is 0 Å². The number of H-pyrrole nitrogens is 1. The molecule has 1 aromatic heterocycles. The quantitative estimate of drug-likeness (QED) is 0.719. The molecule has 2 atom stereocenters. The van der Waals surface area contributed by atoms with Crippen LogP contribution >= 0.6 is 0 Å². The number of nitrogens with zero attached hydrogens (tertiary/aromatic N) is 3. The van der Waals surface area contributed by atoms with Gasteiger partial charge < -0.3 is 10.4 Å². The van der Waals surface area contributed by atoms with Crippen molar-refractivity contribution >= 4 is 5.97 Å². The minimum absolute atomic E-state index is 0.0396. The summed E-state index contributed by atoms with van der Waals surface area (Å²) in [5.41, 5.74) is 0. The van der Waals surface area contributed by atoms with Gasteiger partial charge in [0.15, 0.2) is 5.82 Å². The van der Waals surface area contributed by atoms with Crippen molar-refractivity contribution in [2.75, 3.05) is 13.1 Å². The fourth-order valence-corrected chi connectivity index (χ4v) is 3.14. The Hall–Kier alpha value is -1.50. The second-order valence-electron chi connectivity index (χ2n) is 5.91. The van der Waals surface area contributed by atoms with Crippen LogP contribution in [0.15, 0.2) is 0 Å². The third-order valence-electron chi connectivity index (χ3n) is 4.18. The van der Waals surface area contributed by atoms with Crippen LogP contribution in [0, 0.1) is 17.8 Å². The Morgan fingerprint density at radius 3 is 2.60 bits per heavy atom. The summed E-state index contributed by atoms with van der Waals surface area (Å²) in [6.07, 6.45) is 2.98. The highest BCUT2D eigenvalue weighted by molar-refractivity contribution is 5.71. The van der Waals surface area contributed by atoms with Gasteiger partial charge in [-0.1, -0.05) is 19.1 Å². The highest BCUT2D eigenvalue weighted by Gasteiger charge is 2.36. The zero-order valence-electron chi connectivity index (χ0n) is 12.0. The summed E-state index contributed by atoms with van der Waals surface area (Å²) in [6.45, 7) is 5.88. The molecule has 20 heavy (non-hydrogen) atoms. The minimum Gasteiger partial charge on any atom is -0.481 e. The van der Waals surface area contributed by atoms with E-state index in [4.69, 9.17) is 0 Å². The third-order valence-corrected chi connectivity index (χ3v) is 4.18. The molecule has 7 nitrogen and oxygen atoms in total. The number of carboxylic acids is 1. The van der Waals surface area contributed by atoms with E-state index in [0.717, 1.165) is 32.4 Å². The number of aromatic amines is 1. The molecule has 0 spiro atoms. The molecule has 2 rings (SSSR count). The number of hydrogen-bond donors (Lipinski definition) is 3. The summed E-state index contributed by atoms with van der Waals surface area (Å²) < 4.78 is 0. The fraction of sp³-hybridized carbons (Fsp3) is 0.846. The molecule has 1 aliphatic heterocycles. The van der Waals surface area contributed by atoms with Crippen LogP contribution in [-0.2, 0) is 4.79 Å². The van der Waals surface area contributed by atoms with Crippen LogP contribution in [0.2, 0.25) is 0 Å². The van der Waals surface area contributed by atoms with Crippen molar-refractivity contribution in [3.63, 3.8) is 0 Å². The molecule has 3 N–H and O–H groups in total. The molecule has 0 amide bonds. The van der Waals surface area contributed by atoms with Crippen LogP contribution in [0.3, 0.4) is 0 Å². The number of nitrogens with one attached hydrogen (secondary N) is 2. The van der Waals surface area contributed by atoms with Crippen molar-refractivity contribution in [2.24, 2.45) is 17.8 Å². The summed E-state index contributed by atoms with van der Waals surface area (Å²) in [6, 6.07) is 0. The van der Waals surface area contributed by atoms with Gasteiger partial charge in [-0.05, 0) is 44.2 Å². The number of rotatable bonds is 6. The van der Waals surface area contributed by atoms with Crippen molar-refractivity contribution in [3.8, 4) is 0 Å².